The van der Waals surface area contributed by atoms with E-state index in [2.05, 4.69) is 25.7 Å². The van der Waals surface area contributed by atoms with Gasteiger partial charge >= 0.3 is 12.1 Å². The van der Waals surface area contributed by atoms with Crippen molar-refractivity contribution in [3.05, 3.63) is 23.8 Å². The zero-order chi connectivity index (χ0) is 27.5. The van der Waals surface area contributed by atoms with Gasteiger partial charge in [0, 0.05) is 17.6 Å². The highest BCUT2D eigenvalue weighted by Crippen LogP contribution is 2.41. The van der Waals surface area contributed by atoms with E-state index < -0.39 is 40.4 Å². The number of ether oxygens (including phenoxy) is 1. The highest BCUT2D eigenvalue weighted by molar-refractivity contribution is 6.70. The van der Waals surface area contributed by atoms with Gasteiger partial charge in [0.15, 0.2) is 8.32 Å². The summed E-state index contributed by atoms with van der Waals surface area (Å²) < 4.78 is 58.9. The molecule has 1 saturated carbocycles. The molecule has 0 N–H and O–H groups in total. The lowest BCUT2D eigenvalue weighted by Gasteiger charge is -2.39. The number of halogens is 3. The molecule has 1 aliphatic rings. The van der Waals surface area contributed by atoms with Gasteiger partial charge in [0.2, 0.25) is 8.32 Å². The summed E-state index contributed by atoms with van der Waals surface area (Å²) >= 11 is 0. The van der Waals surface area contributed by atoms with Crippen LogP contribution in [-0.4, -0.2) is 58.4 Å². The molecule has 1 unspecified atom stereocenters. The van der Waals surface area contributed by atoms with Gasteiger partial charge < -0.3 is 18.5 Å². The summed E-state index contributed by atoms with van der Waals surface area (Å²) in [4.78, 5) is 13.1. The molecule has 1 aromatic carbocycles. The number of rotatable bonds is 10. The monoisotopic (exact) mass is 547 g/mol. The Labute approximate surface area is 216 Å². The molecule has 5 nitrogen and oxygen atoms in total. The largest absolute Gasteiger partial charge is 0.544 e. The fourth-order valence-corrected chi connectivity index (χ4v) is 6.43. The van der Waals surface area contributed by atoms with Gasteiger partial charge in [-0.25, -0.2) is 0 Å². The molecule has 206 valence electrons. The molecule has 0 spiro atoms. The Morgan fingerprint density at radius 1 is 1.03 bits per heavy atom. The third-order valence-electron chi connectivity index (χ3n) is 5.83. The lowest BCUT2D eigenvalue weighted by molar-refractivity contribution is -0.191. The molecule has 1 amide bonds. The van der Waals surface area contributed by atoms with Crippen LogP contribution in [0.5, 0.6) is 11.5 Å². The van der Waals surface area contributed by atoms with Crippen LogP contribution in [-0.2, 0) is 9.22 Å². The molecule has 0 saturated heterocycles. The van der Waals surface area contributed by atoms with Crippen molar-refractivity contribution in [2.75, 3.05) is 13.2 Å². The Morgan fingerprint density at radius 2 is 1.61 bits per heavy atom. The average Bonchev–Trinajstić information content (AvgIpc) is 3.20. The number of alkyl halides is 3. The van der Waals surface area contributed by atoms with Crippen LogP contribution >= 0.6 is 0 Å². The first-order chi connectivity index (χ1) is 16.3. The summed E-state index contributed by atoms with van der Waals surface area (Å²) in [5.41, 5.74) is 0.0486. The Bertz CT molecular complexity index is 883. The number of nitrogens with zero attached hydrogens (tertiary/aromatic N) is 1. The minimum Gasteiger partial charge on any atom is -0.544 e. The van der Waals surface area contributed by atoms with Crippen molar-refractivity contribution < 1.29 is 31.6 Å². The van der Waals surface area contributed by atoms with E-state index in [0.29, 0.717) is 11.7 Å². The molecule has 1 atom stereocenters. The lowest BCUT2D eigenvalue weighted by Crippen LogP contribution is -2.55. The number of benzene rings is 1. The molecule has 0 radical (unpaired) electrons. The lowest BCUT2D eigenvalue weighted by atomic mass is 9.96. The van der Waals surface area contributed by atoms with E-state index in [9.17, 15) is 18.0 Å². The zero-order valence-electron chi connectivity index (χ0n) is 23.3. The van der Waals surface area contributed by atoms with Crippen LogP contribution < -0.4 is 9.16 Å². The Balaban J connectivity index is 2.32. The maximum atomic E-state index is 13.4. The van der Waals surface area contributed by atoms with Gasteiger partial charge in [-0.1, -0.05) is 12.8 Å². The van der Waals surface area contributed by atoms with Gasteiger partial charge in [-0.2, -0.15) is 13.2 Å². The first-order valence-corrected chi connectivity index (χ1v) is 19.6. The number of hydrogen-bond donors (Lipinski definition) is 0. The van der Waals surface area contributed by atoms with Gasteiger partial charge in [0.1, 0.15) is 18.1 Å². The van der Waals surface area contributed by atoms with Crippen LogP contribution in [0.15, 0.2) is 18.2 Å². The van der Waals surface area contributed by atoms with Gasteiger partial charge in [0.05, 0.1) is 6.10 Å². The third-order valence-corrected chi connectivity index (χ3v) is 7.72. The van der Waals surface area contributed by atoms with Crippen molar-refractivity contribution in [2.24, 2.45) is 0 Å². The average molecular weight is 548 g/mol. The van der Waals surface area contributed by atoms with Crippen molar-refractivity contribution in [2.45, 2.75) is 109 Å². The van der Waals surface area contributed by atoms with E-state index >= 15 is 0 Å². The van der Waals surface area contributed by atoms with E-state index in [0.717, 1.165) is 41.9 Å². The second-order valence-electron chi connectivity index (χ2n) is 12.6. The van der Waals surface area contributed by atoms with Crippen LogP contribution in [0.25, 0.3) is 0 Å². The number of carbonyl (C=O) groups is 1. The molecule has 0 heterocycles. The Hall–Kier alpha value is -1.53. The number of amides is 1. The molecule has 36 heavy (non-hydrogen) atoms. The molecular formula is C26H44F3NO4Si2. The minimum atomic E-state index is -4.96. The van der Waals surface area contributed by atoms with Crippen molar-refractivity contribution in [3.8, 4) is 11.5 Å². The van der Waals surface area contributed by atoms with Gasteiger partial charge in [-0.3, -0.25) is 4.79 Å². The maximum Gasteiger partial charge on any atom is 0.471 e. The second kappa shape index (κ2) is 11.5. The van der Waals surface area contributed by atoms with E-state index in [4.69, 9.17) is 13.6 Å². The molecular weight excluding hydrogens is 503 g/mol. The highest BCUT2D eigenvalue weighted by atomic mass is 28.4. The van der Waals surface area contributed by atoms with Crippen molar-refractivity contribution >= 4 is 22.5 Å². The summed E-state index contributed by atoms with van der Waals surface area (Å²) in [6.07, 6.45) is -1.20. The molecule has 0 bridgehead atoms. The van der Waals surface area contributed by atoms with Crippen LogP contribution in [0.3, 0.4) is 0 Å². The van der Waals surface area contributed by atoms with Crippen LogP contribution in [0.2, 0.25) is 39.3 Å². The summed E-state index contributed by atoms with van der Waals surface area (Å²) in [5, 5.41) is 0. The first kappa shape index (κ1) is 30.7. The van der Waals surface area contributed by atoms with Gasteiger partial charge in [0.25, 0.3) is 0 Å². The van der Waals surface area contributed by atoms with E-state index in [1.165, 1.54) is 0 Å². The molecule has 10 heteroatoms. The molecule has 0 aliphatic heterocycles. The number of carbonyl (C=O) groups excluding carboxylic acids is 1. The molecule has 1 fully saturated rings. The highest BCUT2D eigenvalue weighted by Gasteiger charge is 2.46. The first-order valence-electron chi connectivity index (χ1n) is 12.8. The van der Waals surface area contributed by atoms with Crippen LogP contribution in [0.4, 0.5) is 13.2 Å². The van der Waals surface area contributed by atoms with Crippen LogP contribution in [0, 0.1) is 0 Å². The predicted molar refractivity (Wildman–Crippen MR) is 143 cm³/mol. The zero-order valence-corrected chi connectivity index (χ0v) is 25.3. The molecule has 0 aromatic heterocycles. The van der Waals surface area contributed by atoms with E-state index in [1.54, 1.807) is 20.8 Å². The van der Waals surface area contributed by atoms with Gasteiger partial charge in [-0.05, 0) is 97.0 Å². The quantitative estimate of drug-likeness (QED) is 0.288. The smallest absolute Gasteiger partial charge is 0.471 e. The fourth-order valence-electron chi connectivity index (χ4n) is 4.46. The van der Waals surface area contributed by atoms with Gasteiger partial charge in [-0.15, -0.1) is 0 Å². The van der Waals surface area contributed by atoms with E-state index in [1.807, 2.05) is 31.8 Å². The topological polar surface area (TPSA) is 48.0 Å². The Morgan fingerprint density at radius 3 is 2.08 bits per heavy atom. The van der Waals surface area contributed by atoms with E-state index in [-0.39, 0.29) is 13.2 Å². The third kappa shape index (κ3) is 9.74. The molecule has 1 aliphatic carbocycles. The van der Waals surface area contributed by atoms with Crippen molar-refractivity contribution in [1.82, 2.24) is 4.90 Å². The van der Waals surface area contributed by atoms with Crippen molar-refractivity contribution in [3.63, 3.8) is 0 Å². The standard InChI is InChI=1S/C26H44F3NO4Si2/c1-25(2,3)30(24(31)26(27,28)29)17-21(34-36(7,8)9)18-32-23-15-14-20(33-35(4,5)6)16-22(23)19-12-10-11-13-19/h14-16,19,21H,10-13,17-18H2,1-9H3. The van der Waals surface area contributed by atoms with Crippen LogP contribution in [0.1, 0.15) is 57.9 Å². The summed E-state index contributed by atoms with van der Waals surface area (Å²) in [6.45, 7) is 16.9. The van der Waals surface area contributed by atoms with Crippen molar-refractivity contribution in [1.29, 1.82) is 0 Å². The Kier molecular flexibility index (Phi) is 9.78. The summed E-state index contributed by atoms with van der Waals surface area (Å²) in [6, 6.07) is 5.86. The maximum absolute atomic E-state index is 13.4. The summed E-state index contributed by atoms with van der Waals surface area (Å²) in [7, 11) is -3.94. The second-order valence-corrected chi connectivity index (χ2v) is 21.5. The molecule has 2 rings (SSSR count). The predicted octanol–water partition coefficient (Wildman–Crippen LogP) is 7.35. The SMILES string of the molecule is CC(C)(C)N(CC(COc1ccc(O[Si](C)(C)C)cc1C1CCCC1)O[Si](C)(C)C)C(=O)C(F)(F)F. The summed E-state index contributed by atoms with van der Waals surface area (Å²) in [5.74, 6) is 0.0320. The minimum absolute atomic E-state index is 0.0515. The molecule has 1 aromatic rings. The fraction of sp³-hybridized carbons (Fsp3) is 0.731. The number of hydrogen-bond acceptors (Lipinski definition) is 4. The normalized spacial score (nSPS) is 16.7.